The summed E-state index contributed by atoms with van der Waals surface area (Å²) in [5.41, 5.74) is 1.87. The van der Waals surface area contributed by atoms with Gasteiger partial charge in [0.25, 0.3) is 5.91 Å². The number of hydrogen-bond donors (Lipinski definition) is 1. The molecule has 0 saturated carbocycles. The molecule has 1 fully saturated rings. The van der Waals surface area contributed by atoms with E-state index in [1.807, 2.05) is 54.7 Å². The summed E-state index contributed by atoms with van der Waals surface area (Å²) in [6.45, 7) is 4.55. The van der Waals surface area contributed by atoms with Crippen LogP contribution in [0.3, 0.4) is 0 Å². The number of amides is 1. The minimum atomic E-state index is 0.00497. The third kappa shape index (κ3) is 5.08. The summed E-state index contributed by atoms with van der Waals surface area (Å²) < 4.78 is 13.3. The van der Waals surface area contributed by atoms with Crippen LogP contribution in [-0.2, 0) is 4.79 Å². The molecule has 3 aromatic rings. The van der Waals surface area contributed by atoms with E-state index in [0.29, 0.717) is 12.5 Å². The smallest absolute Gasteiger partial charge is 0.258 e. The van der Waals surface area contributed by atoms with Crippen molar-refractivity contribution in [3.63, 3.8) is 0 Å². The molecule has 2 aliphatic heterocycles. The van der Waals surface area contributed by atoms with Gasteiger partial charge in [-0.2, -0.15) is 0 Å². The van der Waals surface area contributed by atoms with E-state index in [-0.39, 0.29) is 5.91 Å². The molecule has 0 atom stereocenters. The molecule has 1 amide bonds. The van der Waals surface area contributed by atoms with Gasteiger partial charge in [-0.25, -0.2) is 4.98 Å². The number of carbonyl (C=O) groups is 1. The highest BCUT2D eigenvalue weighted by atomic mass is 32.2. The van der Waals surface area contributed by atoms with Gasteiger partial charge in [-0.3, -0.25) is 9.20 Å². The Labute approximate surface area is 204 Å². The number of nitrogens with zero attached hydrogens (tertiary/aromatic N) is 3. The van der Waals surface area contributed by atoms with Gasteiger partial charge in [-0.1, -0.05) is 30.0 Å². The average molecular weight is 479 g/mol. The van der Waals surface area contributed by atoms with Crippen LogP contribution in [0.15, 0.2) is 58.6 Å². The number of aromatic nitrogens is 2. The van der Waals surface area contributed by atoms with Crippen LogP contribution in [0.1, 0.15) is 25.0 Å². The minimum Gasteiger partial charge on any atom is -0.493 e. The summed E-state index contributed by atoms with van der Waals surface area (Å²) in [4.78, 5) is 20.5. The molecule has 1 N–H and O–H groups in total. The van der Waals surface area contributed by atoms with Crippen molar-refractivity contribution in [2.24, 2.45) is 5.92 Å². The average Bonchev–Trinajstić information content (AvgIpc) is 3.30. The standard InChI is InChI=1S/C26H30N4O3S/c1-32-21-6-2-3-7-22(21)33-15-5-12-29-13-10-19(11-14-29)17-28-26(31)23-16-20-18-27-24-8-4-9-25(34-23)30(20)24/h2-4,6-9,16,18-19H,5,10-15,17H2,1H3,(H,28,31). The third-order valence-corrected chi connectivity index (χ3v) is 7.49. The summed E-state index contributed by atoms with van der Waals surface area (Å²) in [6, 6.07) is 13.7. The van der Waals surface area contributed by atoms with Crippen LogP contribution in [0, 0.1) is 5.92 Å². The van der Waals surface area contributed by atoms with Gasteiger partial charge >= 0.3 is 0 Å². The van der Waals surface area contributed by atoms with Crippen LogP contribution in [0.5, 0.6) is 11.5 Å². The highest BCUT2D eigenvalue weighted by Gasteiger charge is 2.23. The first-order chi connectivity index (χ1) is 16.7. The maximum absolute atomic E-state index is 12.8. The lowest BCUT2D eigenvalue weighted by molar-refractivity contribution is -0.117. The zero-order chi connectivity index (χ0) is 23.3. The Morgan fingerprint density at radius 1 is 1.15 bits per heavy atom. The lowest BCUT2D eigenvalue weighted by Crippen LogP contribution is -2.39. The van der Waals surface area contributed by atoms with Crippen LogP contribution in [0.4, 0.5) is 0 Å². The largest absolute Gasteiger partial charge is 0.493 e. The second-order valence-electron chi connectivity index (χ2n) is 8.70. The quantitative estimate of drug-likeness (QED) is 0.468. The summed E-state index contributed by atoms with van der Waals surface area (Å²) >= 11 is 1.51. The molecular weight excluding hydrogens is 448 g/mol. The molecular formula is C26H30N4O3S. The number of piperidine rings is 1. The number of rotatable bonds is 9. The monoisotopic (exact) mass is 478 g/mol. The van der Waals surface area contributed by atoms with Gasteiger partial charge in [0.2, 0.25) is 0 Å². The van der Waals surface area contributed by atoms with Crippen molar-refractivity contribution in [3.8, 4) is 11.5 Å². The van der Waals surface area contributed by atoms with Crippen molar-refractivity contribution in [2.45, 2.75) is 24.3 Å². The number of likely N-dealkylation sites (tertiary alicyclic amines) is 1. The van der Waals surface area contributed by atoms with E-state index in [4.69, 9.17) is 9.47 Å². The number of para-hydroxylation sites is 2. The van der Waals surface area contributed by atoms with Crippen LogP contribution >= 0.6 is 11.8 Å². The maximum Gasteiger partial charge on any atom is 0.258 e. The fourth-order valence-electron chi connectivity index (χ4n) is 4.55. The number of nitrogens with one attached hydrogen (secondary N) is 1. The number of pyridine rings is 1. The van der Waals surface area contributed by atoms with Crippen molar-refractivity contribution >= 4 is 29.4 Å². The van der Waals surface area contributed by atoms with Crippen molar-refractivity contribution < 1.29 is 14.3 Å². The number of hydrogen-bond acceptors (Lipinski definition) is 6. The molecule has 8 heteroatoms. The first kappa shape index (κ1) is 22.8. The number of benzene rings is 1. The minimum absolute atomic E-state index is 0.00497. The molecule has 1 saturated heterocycles. The van der Waals surface area contributed by atoms with Gasteiger partial charge in [0, 0.05) is 13.1 Å². The predicted molar refractivity (Wildman–Crippen MR) is 134 cm³/mol. The second-order valence-corrected chi connectivity index (χ2v) is 9.76. The molecule has 0 aliphatic carbocycles. The highest BCUT2D eigenvalue weighted by Crippen LogP contribution is 2.34. The summed E-state index contributed by atoms with van der Waals surface area (Å²) in [6.07, 6.45) is 6.94. The van der Waals surface area contributed by atoms with E-state index in [1.54, 1.807) is 7.11 Å². The molecule has 1 aromatic carbocycles. The molecule has 178 valence electrons. The van der Waals surface area contributed by atoms with Crippen molar-refractivity contribution in [3.05, 3.63) is 59.3 Å². The molecule has 34 heavy (non-hydrogen) atoms. The van der Waals surface area contributed by atoms with E-state index in [1.165, 1.54) is 11.8 Å². The van der Waals surface area contributed by atoms with Gasteiger partial charge in [0.1, 0.15) is 5.65 Å². The highest BCUT2D eigenvalue weighted by molar-refractivity contribution is 8.04. The summed E-state index contributed by atoms with van der Waals surface area (Å²) in [5.74, 6) is 2.10. The fourth-order valence-corrected chi connectivity index (χ4v) is 5.55. The van der Waals surface area contributed by atoms with E-state index in [0.717, 1.165) is 78.2 Å². The normalized spacial score (nSPS) is 16.3. The Kier molecular flexibility index (Phi) is 7.06. The zero-order valence-corrected chi connectivity index (χ0v) is 20.2. The Balaban J connectivity index is 1.02. The van der Waals surface area contributed by atoms with Crippen molar-refractivity contribution in [2.75, 3.05) is 39.9 Å². The molecule has 2 aromatic heterocycles. The van der Waals surface area contributed by atoms with Gasteiger partial charge in [0.15, 0.2) is 11.5 Å². The van der Waals surface area contributed by atoms with Crippen LogP contribution in [0.25, 0.3) is 11.7 Å². The van der Waals surface area contributed by atoms with Crippen molar-refractivity contribution in [1.29, 1.82) is 0 Å². The van der Waals surface area contributed by atoms with E-state index < -0.39 is 0 Å². The first-order valence-corrected chi connectivity index (χ1v) is 12.7. The molecule has 7 nitrogen and oxygen atoms in total. The molecule has 0 radical (unpaired) electrons. The number of imidazole rings is 1. The molecule has 0 unspecified atom stereocenters. The molecule has 4 heterocycles. The second kappa shape index (κ2) is 10.5. The number of ether oxygens (including phenoxy) is 2. The topological polar surface area (TPSA) is 68.1 Å². The third-order valence-electron chi connectivity index (χ3n) is 6.44. The van der Waals surface area contributed by atoms with Gasteiger partial charge in [-0.05, 0) is 68.6 Å². The Morgan fingerprint density at radius 3 is 2.79 bits per heavy atom. The first-order valence-electron chi connectivity index (χ1n) is 11.8. The van der Waals surface area contributed by atoms with Crippen molar-refractivity contribution in [1.82, 2.24) is 19.6 Å². The van der Waals surface area contributed by atoms with Crippen LogP contribution in [0.2, 0.25) is 0 Å². The summed E-state index contributed by atoms with van der Waals surface area (Å²) in [5, 5.41) is 4.19. The fraction of sp³-hybridized carbons (Fsp3) is 0.385. The molecule has 0 spiro atoms. The Hall–Kier alpha value is -2.97. The number of carbonyl (C=O) groups excluding carboxylic acids is 1. The maximum atomic E-state index is 12.8. The van der Waals surface area contributed by atoms with E-state index >= 15 is 0 Å². The van der Waals surface area contributed by atoms with E-state index in [2.05, 4.69) is 19.6 Å². The molecule has 5 rings (SSSR count). The van der Waals surface area contributed by atoms with Crippen LogP contribution < -0.4 is 14.8 Å². The Bertz CT molecular complexity index is 1180. The summed E-state index contributed by atoms with van der Waals surface area (Å²) in [7, 11) is 1.66. The lowest BCUT2D eigenvalue weighted by Gasteiger charge is -2.32. The SMILES string of the molecule is COc1ccccc1OCCCN1CCC(CNC(=O)C2=Cc3cnc4cccc(n34)S2)CC1. The van der Waals surface area contributed by atoms with Crippen LogP contribution in [-0.4, -0.2) is 60.1 Å². The van der Waals surface area contributed by atoms with Gasteiger partial charge in [-0.15, -0.1) is 0 Å². The molecule has 0 bridgehead atoms. The molecule has 2 aliphatic rings. The van der Waals surface area contributed by atoms with E-state index in [9.17, 15) is 4.79 Å². The van der Waals surface area contributed by atoms with Gasteiger partial charge in [0.05, 0.1) is 35.5 Å². The predicted octanol–water partition coefficient (Wildman–Crippen LogP) is 4.09. The number of methoxy groups -OCH3 is 1. The number of thioether (sulfide) groups is 1. The van der Waals surface area contributed by atoms with Gasteiger partial charge < -0.3 is 19.7 Å². The zero-order valence-electron chi connectivity index (χ0n) is 19.4. The Morgan fingerprint density at radius 2 is 1.97 bits per heavy atom. The lowest BCUT2D eigenvalue weighted by atomic mass is 9.96.